The summed E-state index contributed by atoms with van der Waals surface area (Å²) in [6.45, 7) is 4.09. The van der Waals surface area contributed by atoms with Crippen LogP contribution in [0.2, 0.25) is 0 Å². The van der Waals surface area contributed by atoms with Crippen LogP contribution in [0.3, 0.4) is 0 Å². The Morgan fingerprint density at radius 2 is 2.07 bits per heavy atom. The van der Waals surface area contributed by atoms with E-state index in [2.05, 4.69) is 12.2 Å². The van der Waals surface area contributed by atoms with Crippen molar-refractivity contribution in [3.63, 3.8) is 0 Å². The Bertz CT molecular complexity index is 364. The van der Waals surface area contributed by atoms with Crippen LogP contribution in [0.1, 0.15) is 46.5 Å². The predicted molar refractivity (Wildman–Crippen MR) is 63.5 cm³/mol. The quantitative estimate of drug-likeness (QED) is 0.820. The highest BCUT2D eigenvalue weighted by atomic mass is 32.1. The molecule has 0 saturated heterocycles. The normalized spacial score (nSPS) is 16.9. The summed E-state index contributed by atoms with van der Waals surface area (Å²) in [5.74, 6) is 0.115. The summed E-state index contributed by atoms with van der Waals surface area (Å²) in [7, 11) is 0. The van der Waals surface area contributed by atoms with Crippen molar-refractivity contribution in [3.8, 4) is 0 Å². The minimum absolute atomic E-state index is 0.115. The monoisotopic (exact) mass is 223 g/mol. The molecule has 3 heteroatoms. The van der Waals surface area contributed by atoms with E-state index in [-0.39, 0.29) is 5.91 Å². The number of amides is 1. The summed E-state index contributed by atoms with van der Waals surface area (Å²) in [6, 6.07) is 0.414. The first-order valence-corrected chi connectivity index (χ1v) is 6.42. The number of carbonyl (C=O) groups is 1. The summed E-state index contributed by atoms with van der Waals surface area (Å²) >= 11 is 1.66. The lowest BCUT2D eigenvalue weighted by molar-refractivity contribution is 0.0937. The number of aryl methyl sites for hydroxylation is 1. The Balaban J connectivity index is 2.04. The standard InChI is InChI=1S/C12H17NOS/c1-8-9(2)15-7-11(8)12(14)13-10-5-3-4-6-10/h7,10H,3-6H2,1-2H3,(H,13,14). The van der Waals surface area contributed by atoms with Gasteiger partial charge in [-0.2, -0.15) is 0 Å². The highest BCUT2D eigenvalue weighted by Crippen LogP contribution is 2.22. The van der Waals surface area contributed by atoms with Gasteiger partial charge in [-0.05, 0) is 32.3 Å². The minimum Gasteiger partial charge on any atom is -0.349 e. The maximum absolute atomic E-state index is 11.9. The molecule has 1 heterocycles. The van der Waals surface area contributed by atoms with Crippen LogP contribution in [-0.2, 0) is 0 Å². The van der Waals surface area contributed by atoms with E-state index in [9.17, 15) is 4.79 Å². The number of rotatable bonds is 2. The third kappa shape index (κ3) is 2.23. The number of hydrogen-bond donors (Lipinski definition) is 1. The van der Waals surface area contributed by atoms with E-state index in [0.29, 0.717) is 6.04 Å². The van der Waals surface area contributed by atoms with Crippen LogP contribution < -0.4 is 5.32 Å². The summed E-state index contributed by atoms with van der Waals surface area (Å²) in [5, 5.41) is 5.08. The zero-order valence-corrected chi connectivity index (χ0v) is 10.1. The summed E-state index contributed by atoms with van der Waals surface area (Å²) < 4.78 is 0. The van der Waals surface area contributed by atoms with Gasteiger partial charge in [0.2, 0.25) is 0 Å². The van der Waals surface area contributed by atoms with Gasteiger partial charge >= 0.3 is 0 Å². The smallest absolute Gasteiger partial charge is 0.252 e. The molecule has 2 rings (SSSR count). The Hall–Kier alpha value is -0.830. The molecule has 0 aliphatic heterocycles. The first-order chi connectivity index (χ1) is 7.18. The van der Waals surface area contributed by atoms with Crippen molar-refractivity contribution in [2.24, 2.45) is 0 Å². The second kappa shape index (κ2) is 4.35. The molecule has 2 nitrogen and oxygen atoms in total. The lowest BCUT2D eigenvalue weighted by Gasteiger charge is -2.11. The largest absolute Gasteiger partial charge is 0.349 e. The SMILES string of the molecule is Cc1scc(C(=O)NC2CCCC2)c1C. The molecular weight excluding hydrogens is 206 g/mol. The van der Waals surface area contributed by atoms with Gasteiger partial charge in [0.05, 0.1) is 5.56 Å². The van der Waals surface area contributed by atoms with E-state index >= 15 is 0 Å². The molecule has 1 aliphatic carbocycles. The fourth-order valence-electron chi connectivity index (χ4n) is 2.07. The molecule has 82 valence electrons. The molecule has 0 radical (unpaired) electrons. The van der Waals surface area contributed by atoms with Crippen LogP contribution in [-0.4, -0.2) is 11.9 Å². The number of hydrogen-bond acceptors (Lipinski definition) is 2. The highest BCUT2D eigenvalue weighted by molar-refractivity contribution is 7.10. The Morgan fingerprint density at radius 3 is 2.60 bits per heavy atom. The van der Waals surface area contributed by atoms with Crippen molar-refractivity contribution in [2.75, 3.05) is 0 Å². The predicted octanol–water partition coefficient (Wildman–Crippen LogP) is 3.04. The molecule has 1 N–H and O–H groups in total. The second-order valence-electron chi connectivity index (χ2n) is 4.29. The van der Waals surface area contributed by atoms with Gasteiger partial charge < -0.3 is 5.32 Å². The van der Waals surface area contributed by atoms with Crippen LogP contribution in [0.15, 0.2) is 5.38 Å². The van der Waals surface area contributed by atoms with Crippen LogP contribution in [0.25, 0.3) is 0 Å². The topological polar surface area (TPSA) is 29.1 Å². The Kier molecular flexibility index (Phi) is 3.10. The average molecular weight is 223 g/mol. The number of thiophene rings is 1. The van der Waals surface area contributed by atoms with Gasteiger partial charge in [-0.3, -0.25) is 4.79 Å². The van der Waals surface area contributed by atoms with Crippen molar-refractivity contribution in [2.45, 2.75) is 45.6 Å². The van der Waals surface area contributed by atoms with Gasteiger partial charge in [0.25, 0.3) is 5.91 Å². The number of nitrogens with one attached hydrogen (secondary N) is 1. The molecule has 1 fully saturated rings. The minimum atomic E-state index is 0.115. The van der Waals surface area contributed by atoms with E-state index in [1.54, 1.807) is 11.3 Å². The summed E-state index contributed by atoms with van der Waals surface area (Å²) in [5.41, 5.74) is 2.00. The van der Waals surface area contributed by atoms with Crippen molar-refractivity contribution >= 4 is 17.2 Å². The van der Waals surface area contributed by atoms with Gasteiger partial charge in [-0.25, -0.2) is 0 Å². The van der Waals surface area contributed by atoms with Gasteiger partial charge in [0, 0.05) is 16.3 Å². The lowest BCUT2D eigenvalue weighted by Crippen LogP contribution is -2.32. The van der Waals surface area contributed by atoms with E-state index in [1.165, 1.54) is 17.7 Å². The third-order valence-electron chi connectivity index (χ3n) is 3.22. The van der Waals surface area contributed by atoms with E-state index in [1.807, 2.05) is 12.3 Å². The second-order valence-corrected chi connectivity index (χ2v) is 5.37. The van der Waals surface area contributed by atoms with Crippen molar-refractivity contribution < 1.29 is 4.79 Å². The fraction of sp³-hybridized carbons (Fsp3) is 0.583. The van der Waals surface area contributed by atoms with Gasteiger partial charge in [0.1, 0.15) is 0 Å². The maximum atomic E-state index is 11.9. The number of carbonyl (C=O) groups excluding carboxylic acids is 1. The maximum Gasteiger partial charge on any atom is 0.252 e. The van der Waals surface area contributed by atoms with E-state index in [4.69, 9.17) is 0 Å². The molecular formula is C12H17NOS. The third-order valence-corrected chi connectivity index (χ3v) is 4.23. The highest BCUT2D eigenvalue weighted by Gasteiger charge is 2.19. The van der Waals surface area contributed by atoms with Gasteiger partial charge in [0.15, 0.2) is 0 Å². The van der Waals surface area contributed by atoms with Crippen molar-refractivity contribution in [1.82, 2.24) is 5.32 Å². The van der Waals surface area contributed by atoms with Crippen molar-refractivity contribution in [3.05, 3.63) is 21.4 Å². The Labute approximate surface area is 94.7 Å². The van der Waals surface area contributed by atoms with Gasteiger partial charge in [-0.1, -0.05) is 12.8 Å². The first-order valence-electron chi connectivity index (χ1n) is 5.54. The summed E-state index contributed by atoms with van der Waals surface area (Å²) in [6.07, 6.45) is 4.81. The van der Waals surface area contributed by atoms with E-state index < -0.39 is 0 Å². The lowest BCUT2D eigenvalue weighted by atomic mass is 10.1. The fourth-order valence-corrected chi connectivity index (χ4v) is 2.94. The van der Waals surface area contributed by atoms with E-state index in [0.717, 1.165) is 24.0 Å². The van der Waals surface area contributed by atoms with Crippen LogP contribution >= 0.6 is 11.3 Å². The molecule has 1 aromatic heterocycles. The van der Waals surface area contributed by atoms with Crippen LogP contribution in [0.5, 0.6) is 0 Å². The van der Waals surface area contributed by atoms with Crippen molar-refractivity contribution in [1.29, 1.82) is 0 Å². The molecule has 0 unspecified atom stereocenters. The molecule has 15 heavy (non-hydrogen) atoms. The van der Waals surface area contributed by atoms with Gasteiger partial charge in [-0.15, -0.1) is 11.3 Å². The molecule has 0 bridgehead atoms. The molecule has 0 spiro atoms. The summed E-state index contributed by atoms with van der Waals surface area (Å²) in [4.78, 5) is 13.2. The van der Waals surface area contributed by atoms with Crippen LogP contribution in [0, 0.1) is 13.8 Å². The Morgan fingerprint density at radius 1 is 1.40 bits per heavy atom. The zero-order chi connectivity index (χ0) is 10.8. The first kappa shape index (κ1) is 10.7. The molecule has 1 aliphatic rings. The average Bonchev–Trinajstić information content (AvgIpc) is 2.79. The molecule has 0 atom stereocenters. The molecule has 0 aromatic carbocycles. The molecule has 1 aromatic rings. The van der Waals surface area contributed by atoms with Crippen LogP contribution in [0.4, 0.5) is 0 Å². The molecule has 1 saturated carbocycles. The molecule has 1 amide bonds. The zero-order valence-electron chi connectivity index (χ0n) is 9.30.